The zero-order valence-corrected chi connectivity index (χ0v) is 23.4. The lowest BCUT2D eigenvalue weighted by Crippen LogP contribution is -2.11. The van der Waals surface area contributed by atoms with E-state index in [4.69, 9.17) is 14.2 Å². The number of carbonyl (C=O) groups is 1. The molecule has 0 N–H and O–H groups in total. The van der Waals surface area contributed by atoms with Crippen LogP contribution in [0.1, 0.15) is 70.8 Å². The Bertz CT molecular complexity index is 1140. The molecule has 0 aliphatic heterocycles. The third-order valence-electron chi connectivity index (χ3n) is 6.43. The molecule has 0 aromatic heterocycles. The van der Waals surface area contributed by atoms with Crippen molar-refractivity contribution in [2.45, 2.75) is 71.3 Å². The molecule has 4 nitrogen and oxygen atoms in total. The van der Waals surface area contributed by atoms with E-state index in [1.807, 2.05) is 66.7 Å². The number of ether oxygens (including phenoxy) is 3. The summed E-state index contributed by atoms with van der Waals surface area (Å²) in [5, 5.41) is 0. The summed E-state index contributed by atoms with van der Waals surface area (Å²) in [6.07, 6.45) is 14.5. The molecule has 3 aromatic rings. The van der Waals surface area contributed by atoms with Gasteiger partial charge in [-0.05, 0) is 98.2 Å². The van der Waals surface area contributed by atoms with Gasteiger partial charge in [-0.2, -0.15) is 0 Å². The number of benzene rings is 3. The van der Waals surface area contributed by atoms with E-state index >= 15 is 0 Å². The standard InChI is InChI=1S/C35H42O4/c1-4-6-8-10-12-28(3)38-33-22-16-30(17-23-33)31-18-24-34(25-19-31)39-35(36)26-15-29-13-20-32(21-14-29)37-27-11-9-7-5-2/h5,13-26,28H,2,4,6-12,27H2,1,3H3/b26-15+/t28-/m0/s1. The molecule has 0 bridgehead atoms. The summed E-state index contributed by atoms with van der Waals surface area (Å²) in [6.45, 7) is 8.78. The Balaban J connectivity index is 1.44. The number of rotatable bonds is 17. The maximum Gasteiger partial charge on any atom is 0.336 e. The van der Waals surface area contributed by atoms with Crippen LogP contribution in [0.3, 0.4) is 0 Å². The predicted octanol–water partition coefficient (Wildman–Crippen LogP) is 9.45. The molecule has 0 aliphatic rings. The van der Waals surface area contributed by atoms with Gasteiger partial charge in [-0.25, -0.2) is 4.79 Å². The average Bonchev–Trinajstić information content (AvgIpc) is 2.96. The fourth-order valence-corrected chi connectivity index (χ4v) is 4.16. The molecule has 1 atom stereocenters. The minimum absolute atomic E-state index is 0.214. The first-order valence-electron chi connectivity index (χ1n) is 14.2. The summed E-state index contributed by atoms with van der Waals surface area (Å²) in [5.74, 6) is 1.80. The molecule has 3 aromatic carbocycles. The van der Waals surface area contributed by atoms with E-state index in [0.29, 0.717) is 12.4 Å². The summed E-state index contributed by atoms with van der Waals surface area (Å²) in [5.41, 5.74) is 3.03. The molecule has 4 heteroatoms. The van der Waals surface area contributed by atoms with E-state index in [1.165, 1.54) is 31.8 Å². The van der Waals surface area contributed by atoms with E-state index < -0.39 is 5.97 Å². The Labute approximate surface area is 234 Å². The molecule has 0 fully saturated rings. The van der Waals surface area contributed by atoms with Gasteiger partial charge in [0.1, 0.15) is 17.2 Å². The van der Waals surface area contributed by atoms with Gasteiger partial charge in [0.05, 0.1) is 12.7 Å². The molecular formula is C35H42O4. The Morgan fingerprint density at radius 1 is 0.795 bits per heavy atom. The summed E-state index contributed by atoms with van der Waals surface area (Å²) in [7, 11) is 0. The van der Waals surface area contributed by atoms with Crippen molar-refractivity contribution < 1.29 is 19.0 Å². The normalized spacial score (nSPS) is 11.7. The smallest absolute Gasteiger partial charge is 0.336 e. The van der Waals surface area contributed by atoms with Crippen LogP contribution in [0.15, 0.2) is 91.5 Å². The van der Waals surface area contributed by atoms with Gasteiger partial charge >= 0.3 is 5.97 Å². The second-order valence-electron chi connectivity index (χ2n) is 9.78. The molecule has 3 rings (SSSR count). The summed E-state index contributed by atoms with van der Waals surface area (Å²) in [4.78, 5) is 12.3. The Morgan fingerprint density at radius 3 is 2.08 bits per heavy atom. The number of allylic oxidation sites excluding steroid dienone is 1. The number of unbranched alkanes of at least 4 members (excludes halogenated alkanes) is 5. The lowest BCUT2D eigenvalue weighted by atomic mass is 10.1. The maximum atomic E-state index is 12.3. The molecule has 0 saturated carbocycles. The summed E-state index contributed by atoms with van der Waals surface area (Å²) >= 11 is 0. The van der Waals surface area contributed by atoms with Gasteiger partial charge in [0.15, 0.2) is 0 Å². The first-order chi connectivity index (χ1) is 19.1. The first-order valence-corrected chi connectivity index (χ1v) is 14.2. The molecule has 0 aliphatic carbocycles. The molecule has 0 heterocycles. The molecule has 0 amide bonds. The van der Waals surface area contributed by atoms with Gasteiger partial charge in [0.25, 0.3) is 0 Å². The number of carbonyl (C=O) groups excluding carboxylic acids is 1. The number of esters is 1. The van der Waals surface area contributed by atoms with Crippen LogP contribution in [-0.4, -0.2) is 18.7 Å². The monoisotopic (exact) mass is 526 g/mol. The lowest BCUT2D eigenvalue weighted by Gasteiger charge is -2.15. The van der Waals surface area contributed by atoms with Crippen LogP contribution in [0, 0.1) is 0 Å². The lowest BCUT2D eigenvalue weighted by molar-refractivity contribution is -0.128. The van der Waals surface area contributed by atoms with Gasteiger partial charge in [-0.15, -0.1) is 6.58 Å². The quantitative estimate of drug-likeness (QED) is 0.0578. The minimum atomic E-state index is -0.421. The van der Waals surface area contributed by atoms with Crippen LogP contribution >= 0.6 is 0 Å². The van der Waals surface area contributed by atoms with Crippen LogP contribution in [0.2, 0.25) is 0 Å². The topological polar surface area (TPSA) is 44.8 Å². The highest BCUT2D eigenvalue weighted by molar-refractivity contribution is 5.88. The van der Waals surface area contributed by atoms with E-state index in [2.05, 4.69) is 32.6 Å². The molecule has 206 valence electrons. The number of hydrogen-bond acceptors (Lipinski definition) is 4. The Morgan fingerprint density at radius 2 is 1.44 bits per heavy atom. The molecule has 0 unspecified atom stereocenters. The minimum Gasteiger partial charge on any atom is -0.494 e. The highest BCUT2D eigenvalue weighted by atomic mass is 16.5. The molecule has 0 saturated heterocycles. The maximum absolute atomic E-state index is 12.3. The van der Waals surface area contributed by atoms with E-state index in [0.717, 1.165) is 53.9 Å². The third kappa shape index (κ3) is 11.2. The van der Waals surface area contributed by atoms with Crippen LogP contribution in [0.25, 0.3) is 17.2 Å². The van der Waals surface area contributed by atoms with Gasteiger partial charge in [0, 0.05) is 6.08 Å². The fourth-order valence-electron chi connectivity index (χ4n) is 4.16. The van der Waals surface area contributed by atoms with Crippen molar-refractivity contribution in [3.05, 3.63) is 97.1 Å². The average molecular weight is 527 g/mol. The molecule has 0 spiro atoms. The Hall–Kier alpha value is -3.79. The largest absolute Gasteiger partial charge is 0.494 e. The first kappa shape index (κ1) is 29.8. The second kappa shape index (κ2) is 16.9. The van der Waals surface area contributed by atoms with Gasteiger partial charge in [-0.1, -0.05) is 68.7 Å². The van der Waals surface area contributed by atoms with Crippen molar-refractivity contribution in [3.63, 3.8) is 0 Å². The van der Waals surface area contributed by atoms with E-state index in [9.17, 15) is 4.79 Å². The van der Waals surface area contributed by atoms with Crippen molar-refractivity contribution in [2.75, 3.05) is 6.61 Å². The van der Waals surface area contributed by atoms with E-state index in [-0.39, 0.29) is 6.10 Å². The van der Waals surface area contributed by atoms with E-state index in [1.54, 1.807) is 6.08 Å². The SMILES string of the molecule is C=CCCCCOc1ccc(/C=C/C(=O)Oc2ccc(-c3ccc(O[C@@H](C)CCCCCC)cc3)cc2)cc1. The van der Waals surface area contributed by atoms with Crippen molar-refractivity contribution in [2.24, 2.45) is 0 Å². The van der Waals surface area contributed by atoms with Crippen LogP contribution < -0.4 is 14.2 Å². The van der Waals surface area contributed by atoms with Gasteiger partial charge in [-0.3, -0.25) is 0 Å². The van der Waals surface area contributed by atoms with Crippen LogP contribution in [0.4, 0.5) is 0 Å². The summed E-state index contributed by atoms with van der Waals surface area (Å²) in [6, 6.07) is 23.3. The van der Waals surface area contributed by atoms with Crippen molar-refractivity contribution in [1.29, 1.82) is 0 Å². The van der Waals surface area contributed by atoms with Gasteiger partial charge in [0.2, 0.25) is 0 Å². The third-order valence-corrected chi connectivity index (χ3v) is 6.43. The Kier molecular flexibility index (Phi) is 12.9. The molecule has 39 heavy (non-hydrogen) atoms. The van der Waals surface area contributed by atoms with Crippen molar-refractivity contribution >= 4 is 12.0 Å². The zero-order chi connectivity index (χ0) is 27.7. The fraction of sp³-hybridized carbons (Fsp3) is 0.343. The van der Waals surface area contributed by atoms with Crippen LogP contribution in [0.5, 0.6) is 17.2 Å². The van der Waals surface area contributed by atoms with Crippen molar-refractivity contribution in [1.82, 2.24) is 0 Å². The predicted molar refractivity (Wildman–Crippen MR) is 161 cm³/mol. The van der Waals surface area contributed by atoms with Gasteiger partial charge < -0.3 is 14.2 Å². The highest BCUT2D eigenvalue weighted by Crippen LogP contribution is 2.26. The summed E-state index contributed by atoms with van der Waals surface area (Å²) < 4.78 is 17.3. The van der Waals surface area contributed by atoms with Crippen LogP contribution in [-0.2, 0) is 4.79 Å². The highest BCUT2D eigenvalue weighted by Gasteiger charge is 2.06. The zero-order valence-electron chi connectivity index (χ0n) is 23.4. The second-order valence-corrected chi connectivity index (χ2v) is 9.78. The number of hydrogen-bond donors (Lipinski definition) is 0. The molecule has 0 radical (unpaired) electrons. The van der Waals surface area contributed by atoms with Crippen molar-refractivity contribution in [3.8, 4) is 28.4 Å². The molecular weight excluding hydrogens is 484 g/mol.